The van der Waals surface area contributed by atoms with E-state index < -0.39 is 47.9 Å². The molecule has 0 saturated heterocycles. The molecule has 9 nitrogen and oxygen atoms in total. The van der Waals surface area contributed by atoms with E-state index in [-0.39, 0.29) is 37.0 Å². The Hall–Kier alpha value is -2.94. The fraction of sp³-hybridized carbons (Fsp3) is 0.615. The first-order chi connectivity index (χ1) is 16.3. The molecule has 196 valence electrons. The highest BCUT2D eigenvalue weighted by Crippen LogP contribution is 2.11. The molecule has 0 aliphatic heterocycles. The first kappa shape index (κ1) is 30.1. The molecule has 0 aliphatic rings. The van der Waals surface area contributed by atoms with E-state index in [4.69, 9.17) is 0 Å². The third-order valence-corrected chi connectivity index (χ3v) is 5.48. The third-order valence-electron chi connectivity index (χ3n) is 5.48. The fourth-order valence-electron chi connectivity index (χ4n) is 3.62. The Balaban J connectivity index is 2.96. The number of carboxylic acids is 1. The Morgan fingerprint density at radius 3 is 1.77 bits per heavy atom. The standard InChI is InChI=1S/C26H41N3O6/c1-15(2)12-19(23(31)28-20(26(34)35)14-18-10-8-7-9-11-18)27-25(33)22(17(5)6)29-24(32)21(30)13-16(3)4/h7-11,15-17,19-22,30H,12-14H2,1-6H3,(H,27,33)(H,28,31)(H,29,32)(H,34,35)/t19-,20-,21-,22-/m0/s1. The van der Waals surface area contributed by atoms with Crippen molar-refractivity contribution >= 4 is 23.7 Å². The van der Waals surface area contributed by atoms with E-state index in [0.29, 0.717) is 0 Å². The van der Waals surface area contributed by atoms with Gasteiger partial charge in [0.25, 0.3) is 0 Å². The zero-order valence-corrected chi connectivity index (χ0v) is 21.6. The average molecular weight is 492 g/mol. The van der Waals surface area contributed by atoms with Crippen molar-refractivity contribution in [3.63, 3.8) is 0 Å². The van der Waals surface area contributed by atoms with Crippen LogP contribution in [0.1, 0.15) is 59.9 Å². The van der Waals surface area contributed by atoms with Crippen LogP contribution in [0.25, 0.3) is 0 Å². The summed E-state index contributed by atoms with van der Waals surface area (Å²) in [5.41, 5.74) is 0.757. The molecule has 3 amide bonds. The first-order valence-corrected chi connectivity index (χ1v) is 12.2. The Morgan fingerprint density at radius 1 is 0.743 bits per heavy atom. The number of nitrogens with one attached hydrogen (secondary N) is 3. The van der Waals surface area contributed by atoms with Crippen molar-refractivity contribution < 1.29 is 29.4 Å². The van der Waals surface area contributed by atoms with E-state index in [1.807, 2.05) is 33.8 Å². The van der Waals surface area contributed by atoms with Crippen LogP contribution in [0.2, 0.25) is 0 Å². The van der Waals surface area contributed by atoms with Gasteiger partial charge < -0.3 is 26.2 Å². The lowest BCUT2D eigenvalue weighted by Crippen LogP contribution is -2.58. The van der Waals surface area contributed by atoms with E-state index in [2.05, 4.69) is 16.0 Å². The largest absolute Gasteiger partial charge is 0.480 e. The Morgan fingerprint density at radius 2 is 1.29 bits per heavy atom. The van der Waals surface area contributed by atoms with Crippen LogP contribution in [-0.4, -0.2) is 58.1 Å². The van der Waals surface area contributed by atoms with Crippen LogP contribution in [-0.2, 0) is 25.6 Å². The van der Waals surface area contributed by atoms with E-state index in [1.165, 1.54) is 0 Å². The molecule has 5 N–H and O–H groups in total. The molecule has 0 unspecified atom stereocenters. The first-order valence-electron chi connectivity index (χ1n) is 12.2. The summed E-state index contributed by atoms with van der Waals surface area (Å²) >= 11 is 0. The summed E-state index contributed by atoms with van der Waals surface area (Å²) in [5.74, 6) is -3.18. The molecule has 35 heavy (non-hydrogen) atoms. The topological polar surface area (TPSA) is 145 Å². The number of aliphatic hydroxyl groups excluding tert-OH is 1. The molecule has 0 bridgehead atoms. The summed E-state index contributed by atoms with van der Waals surface area (Å²) < 4.78 is 0. The van der Waals surface area contributed by atoms with Gasteiger partial charge in [-0.05, 0) is 36.2 Å². The molecule has 1 rings (SSSR count). The highest BCUT2D eigenvalue weighted by Gasteiger charge is 2.32. The molecule has 4 atom stereocenters. The predicted molar refractivity (Wildman–Crippen MR) is 133 cm³/mol. The number of rotatable bonds is 14. The predicted octanol–water partition coefficient (Wildman–Crippen LogP) is 1.88. The second-order valence-corrected chi connectivity index (χ2v) is 10.2. The van der Waals surface area contributed by atoms with Gasteiger partial charge in [-0.2, -0.15) is 0 Å². The maximum absolute atomic E-state index is 13.1. The van der Waals surface area contributed by atoms with Crippen molar-refractivity contribution in [3.8, 4) is 0 Å². The van der Waals surface area contributed by atoms with Crippen LogP contribution in [0, 0.1) is 17.8 Å². The molecule has 1 aromatic carbocycles. The minimum atomic E-state index is -1.24. The Kier molecular flexibility index (Phi) is 12.4. The highest BCUT2D eigenvalue weighted by atomic mass is 16.4. The maximum atomic E-state index is 13.1. The van der Waals surface area contributed by atoms with Gasteiger partial charge in [-0.1, -0.05) is 71.9 Å². The number of hydrogen-bond acceptors (Lipinski definition) is 5. The van der Waals surface area contributed by atoms with Crippen molar-refractivity contribution in [2.45, 2.75) is 85.0 Å². The summed E-state index contributed by atoms with van der Waals surface area (Å²) in [6.45, 7) is 11.0. The maximum Gasteiger partial charge on any atom is 0.326 e. The van der Waals surface area contributed by atoms with Gasteiger partial charge in [0.1, 0.15) is 24.2 Å². The van der Waals surface area contributed by atoms with Crippen molar-refractivity contribution in [2.24, 2.45) is 17.8 Å². The van der Waals surface area contributed by atoms with E-state index >= 15 is 0 Å². The summed E-state index contributed by atoms with van der Waals surface area (Å²) in [5, 5.41) is 27.5. The van der Waals surface area contributed by atoms with E-state index in [0.717, 1.165) is 5.56 Å². The minimum absolute atomic E-state index is 0.0309. The van der Waals surface area contributed by atoms with Crippen molar-refractivity contribution in [1.29, 1.82) is 0 Å². The second kappa shape index (κ2) is 14.5. The number of hydrogen-bond donors (Lipinski definition) is 5. The zero-order chi connectivity index (χ0) is 26.7. The van der Waals surface area contributed by atoms with Crippen LogP contribution in [0.4, 0.5) is 0 Å². The quantitative estimate of drug-likeness (QED) is 0.269. The molecule has 9 heteroatoms. The zero-order valence-electron chi connectivity index (χ0n) is 21.6. The second-order valence-electron chi connectivity index (χ2n) is 10.2. The fourth-order valence-corrected chi connectivity index (χ4v) is 3.62. The molecule has 0 saturated carbocycles. The highest BCUT2D eigenvalue weighted by molar-refractivity contribution is 5.94. The van der Waals surface area contributed by atoms with Gasteiger partial charge in [0.15, 0.2) is 0 Å². The Labute approximate surface area is 208 Å². The lowest BCUT2D eigenvalue weighted by atomic mass is 9.98. The number of carboxylic acid groups (broad SMARTS) is 1. The number of carbonyl (C=O) groups is 4. The van der Waals surface area contributed by atoms with Gasteiger partial charge in [-0.15, -0.1) is 0 Å². The minimum Gasteiger partial charge on any atom is -0.480 e. The summed E-state index contributed by atoms with van der Waals surface area (Å²) in [7, 11) is 0. The number of aliphatic hydroxyl groups is 1. The average Bonchev–Trinajstić information content (AvgIpc) is 2.75. The number of benzene rings is 1. The van der Waals surface area contributed by atoms with Gasteiger partial charge in [0, 0.05) is 6.42 Å². The van der Waals surface area contributed by atoms with E-state index in [1.54, 1.807) is 38.1 Å². The molecule has 0 heterocycles. The van der Waals surface area contributed by atoms with E-state index in [9.17, 15) is 29.4 Å². The number of aliphatic carboxylic acids is 1. The molecule has 0 aromatic heterocycles. The SMILES string of the molecule is CC(C)C[C@H](NC(=O)[C@@H](NC(=O)[C@@H](O)CC(C)C)C(C)C)C(=O)N[C@@H](Cc1ccccc1)C(=O)O. The van der Waals surface area contributed by atoms with Gasteiger partial charge in [0.2, 0.25) is 17.7 Å². The summed E-state index contributed by atoms with van der Waals surface area (Å²) in [6.07, 6.45) is -0.602. The molecule has 0 spiro atoms. The van der Waals surface area contributed by atoms with Gasteiger partial charge in [-0.25, -0.2) is 4.79 Å². The van der Waals surface area contributed by atoms with Crippen molar-refractivity contribution in [1.82, 2.24) is 16.0 Å². The van der Waals surface area contributed by atoms with Crippen LogP contribution in [0.15, 0.2) is 30.3 Å². The van der Waals surface area contributed by atoms with Crippen LogP contribution in [0.5, 0.6) is 0 Å². The lowest BCUT2D eigenvalue weighted by Gasteiger charge is -2.27. The third kappa shape index (κ3) is 10.9. The van der Waals surface area contributed by atoms with Crippen LogP contribution in [0.3, 0.4) is 0 Å². The normalized spacial score (nSPS) is 14.8. The summed E-state index contributed by atoms with van der Waals surface area (Å²) in [6, 6.07) is 5.83. The molecule has 0 aliphatic carbocycles. The molecule has 0 fully saturated rings. The number of carbonyl (C=O) groups excluding carboxylic acids is 3. The van der Waals surface area contributed by atoms with Gasteiger partial charge in [0.05, 0.1) is 0 Å². The van der Waals surface area contributed by atoms with Crippen LogP contribution < -0.4 is 16.0 Å². The monoisotopic (exact) mass is 491 g/mol. The van der Waals surface area contributed by atoms with Crippen molar-refractivity contribution in [2.75, 3.05) is 0 Å². The van der Waals surface area contributed by atoms with Crippen LogP contribution >= 0.6 is 0 Å². The van der Waals surface area contributed by atoms with Gasteiger partial charge in [-0.3, -0.25) is 14.4 Å². The lowest BCUT2D eigenvalue weighted by molar-refractivity contribution is -0.142. The smallest absolute Gasteiger partial charge is 0.326 e. The molecule has 0 radical (unpaired) electrons. The summed E-state index contributed by atoms with van der Waals surface area (Å²) in [4.78, 5) is 50.3. The number of amides is 3. The molecular weight excluding hydrogens is 450 g/mol. The molecule has 1 aromatic rings. The molecular formula is C26H41N3O6. The van der Waals surface area contributed by atoms with Gasteiger partial charge >= 0.3 is 5.97 Å². The van der Waals surface area contributed by atoms with Crippen molar-refractivity contribution in [3.05, 3.63) is 35.9 Å². The Bertz CT molecular complexity index is 841.